The molecule has 0 aliphatic carbocycles. The lowest BCUT2D eigenvalue weighted by Gasteiger charge is -2.55. The molecule has 2 aliphatic heterocycles. The highest BCUT2D eigenvalue weighted by molar-refractivity contribution is 14.1. The topological polar surface area (TPSA) is 12.5 Å². The van der Waals surface area contributed by atoms with E-state index in [9.17, 15) is 0 Å². The molecule has 0 radical (unpaired) electrons. The molecule has 13 heavy (non-hydrogen) atoms. The number of hydrogen-bond donors (Lipinski definition) is 0. The van der Waals surface area contributed by atoms with Crippen LogP contribution in [0.15, 0.2) is 0 Å². The van der Waals surface area contributed by atoms with Crippen LogP contribution in [0.4, 0.5) is 0 Å². The molecule has 0 bridgehead atoms. The SMILES string of the molecule is ICCCN1CCC12CCOCC2. The first-order valence-corrected chi connectivity index (χ1v) is 6.79. The summed E-state index contributed by atoms with van der Waals surface area (Å²) in [4.78, 5) is 2.69. The Morgan fingerprint density at radius 1 is 1.23 bits per heavy atom. The van der Waals surface area contributed by atoms with Gasteiger partial charge in [0.1, 0.15) is 0 Å². The molecule has 3 heteroatoms. The minimum atomic E-state index is 0.573. The predicted molar refractivity (Wildman–Crippen MR) is 62.5 cm³/mol. The summed E-state index contributed by atoms with van der Waals surface area (Å²) in [5.74, 6) is 0. The quantitative estimate of drug-likeness (QED) is 0.584. The van der Waals surface area contributed by atoms with E-state index in [4.69, 9.17) is 4.74 Å². The van der Waals surface area contributed by atoms with E-state index >= 15 is 0 Å². The summed E-state index contributed by atoms with van der Waals surface area (Å²) < 4.78 is 6.72. The fraction of sp³-hybridized carbons (Fsp3) is 1.00. The Labute approximate surface area is 94.1 Å². The molecule has 2 rings (SSSR count). The van der Waals surface area contributed by atoms with Gasteiger partial charge in [-0.1, -0.05) is 22.6 Å². The van der Waals surface area contributed by atoms with E-state index in [0.717, 1.165) is 13.2 Å². The van der Waals surface area contributed by atoms with Gasteiger partial charge in [-0.15, -0.1) is 0 Å². The van der Waals surface area contributed by atoms with E-state index in [1.54, 1.807) is 0 Å². The zero-order valence-electron chi connectivity index (χ0n) is 8.10. The maximum Gasteiger partial charge on any atom is 0.0483 e. The first kappa shape index (κ1) is 10.2. The average Bonchev–Trinajstić information content (AvgIpc) is 2.18. The smallest absolute Gasteiger partial charge is 0.0483 e. The van der Waals surface area contributed by atoms with E-state index in [-0.39, 0.29) is 0 Å². The fourth-order valence-electron chi connectivity index (χ4n) is 2.50. The van der Waals surface area contributed by atoms with Crippen LogP contribution in [0.25, 0.3) is 0 Å². The van der Waals surface area contributed by atoms with Crippen LogP contribution in [-0.2, 0) is 4.74 Å². The minimum Gasteiger partial charge on any atom is -0.381 e. The molecule has 0 N–H and O–H groups in total. The zero-order valence-corrected chi connectivity index (χ0v) is 10.3. The second-order valence-electron chi connectivity index (χ2n) is 4.12. The third-order valence-corrected chi connectivity index (χ3v) is 4.27. The predicted octanol–water partition coefficient (Wildman–Crippen LogP) is 2.07. The third-order valence-electron chi connectivity index (χ3n) is 3.50. The van der Waals surface area contributed by atoms with Crippen molar-refractivity contribution in [1.82, 2.24) is 4.90 Å². The Kier molecular flexibility index (Phi) is 3.48. The number of halogens is 1. The van der Waals surface area contributed by atoms with Crippen molar-refractivity contribution in [1.29, 1.82) is 0 Å². The van der Waals surface area contributed by atoms with Gasteiger partial charge in [0, 0.05) is 29.7 Å². The highest BCUT2D eigenvalue weighted by Gasteiger charge is 2.44. The van der Waals surface area contributed by atoms with E-state index in [2.05, 4.69) is 27.5 Å². The second-order valence-corrected chi connectivity index (χ2v) is 5.20. The van der Waals surface area contributed by atoms with Gasteiger partial charge in [-0.2, -0.15) is 0 Å². The van der Waals surface area contributed by atoms with Gasteiger partial charge in [-0.3, -0.25) is 4.90 Å². The van der Waals surface area contributed by atoms with Gasteiger partial charge in [0.25, 0.3) is 0 Å². The van der Waals surface area contributed by atoms with Gasteiger partial charge in [-0.05, 0) is 32.2 Å². The largest absolute Gasteiger partial charge is 0.381 e. The Morgan fingerprint density at radius 2 is 2.00 bits per heavy atom. The van der Waals surface area contributed by atoms with E-state index in [1.807, 2.05) is 0 Å². The summed E-state index contributed by atoms with van der Waals surface area (Å²) in [6.07, 6.45) is 5.31. The summed E-state index contributed by atoms with van der Waals surface area (Å²) >= 11 is 2.47. The van der Waals surface area contributed by atoms with Crippen molar-refractivity contribution < 1.29 is 4.74 Å². The standard InChI is InChI=1S/C10H18INO/c11-5-1-6-12-7-2-10(12)3-8-13-9-4-10/h1-9H2. The van der Waals surface area contributed by atoms with Crippen LogP contribution in [0, 0.1) is 0 Å². The van der Waals surface area contributed by atoms with Gasteiger partial charge in [0.05, 0.1) is 0 Å². The number of rotatable bonds is 3. The second kappa shape index (κ2) is 4.45. The van der Waals surface area contributed by atoms with Crippen molar-refractivity contribution in [3.63, 3.8) is 0 Å². The van der Waals surface area contributed by atoms with Crippen LogP contribution >= 0.6 is 22.6 Å². The Hall–Kier alpha value is 0.650. The van der Waals surface area contributed by atoms with E-state index in [1.165, 1.54) is 43.2 Å². The number of likely N-dealkylation sites (tertiary alicyclic amines) is 1. The summed E-state index contributed by atoms with van der Waals surface area (Å²) in [6, 6.07) is 0. The molecule has 2 nitrogen and oxygen atoms in total. The van der Waals surface area contributed by atoms with Gasteiger partial charge < -0.3 is 4.74 Å². The van der Waals surface area contributed by atoms with Crippen molar-refractivity contribution in [2.75, 3.05) is 30.7 Å². The van der Waals surface area contributed by atoms with Gasteiger partial charge in [0.2, 0.25) is 0 Å². The van der Waals surface area contributed by atoms with E-state index < -0.39 is 0 Å². The van der Waals surface area contributed by atoms with Crippen LogP contribution in [0.5, 0.6) is 0 Å². The van der Waals surface area contributed by atoms with Gasteiger partial charge in [0.15, 0.2) is 0 Å². The third kappa shape index (κ3) is 2.02. The van der Waals surface area contributed by atoms with Crippen LogP contribution in [-0.4, -0.2) is 41.2 Å². The summed E-state index contributed by atoms with van der Waals surface area (Å²) in [6.45, 7) is 4.61. The molecule has 1 spiro atoms. The summed E-state index contributed by atoms with van der Waals surface area (Å²) in [5, 5.41) is 0. The summed E-state index contributed by atoms with van der Waals surface area (Å²) in [7, 11) is 0. The number of alkyl halides is 1. The van der Waals surface area contributed by atoms with Gasteiger partial charge >= 0.3 is 0 Å². The molecule has 0 atom stereocenters. The molecular formula is C10H18INO. The average molecular weight is 295 g/mol. The van der Waals surface area contributed by atoms with Crippen LogP contribution in [0.1, 0.15) is 25.7 Å². The minimum absolute atomic E-state index is 0.573. The Bertz CT molecular complexity index is 168. The molecular weight excluding hydrogens is 277 g/mol. The van der Waals surface area contributed by atoms with E-state index in [0.29, 0.717) is 5.54 Å². The molecule has 2 heterocycles. The molecule has 0 aromatic carbocycles. The van der Waals surface area contributed by atoms with Crippen molar-refractivity contribution >= 4 is 22.6 Å². The fourth-order valence-corrected chi connectivity index (χ4v) is 2.84. The lowest BCUT2D eigenvalue weighted by atomic mass is 9.78. The first-order valence-electron chi connectivity index (χ1n) is 5.26. The molecule has 0 saturated carbocycles. The lowest BCUT2D eigenvalue weighted by Crippen LogP contribution is -2.62. The number of hydrogen-bond acceptors (Lipinski definition) is 2. The van der Waals surface area contributed by atoms with Crippen LogP contribution in [0.2, 0.25) is 0 Å². The highest BCUT2D eigenvalue weighted by atomic mass is 127. The first-order chi connectivity index (χ1) is 6.37. The number of ether oxygens (including phenoxy) is 1. The van der Waals surface area contributed by atoms with Crippen molar-refractivity contribution in [2.45, 2.75) is 31.2 Å². The molecule has 76 valence electrons. The van der Waals surface area contributed by atoms with Crippen molar-refractivity contribution in [3.8, 4) is 0 Å². The molecule has 0 unspecified atom stereocenters. The highest BCUT2D eigenvalue weighted by Crippen LogP contribution is 2.39. The molecule has 2 aliphatic rings. The maximum absolute atomic E-state index is 5.43. The zero-order chi connectivity index (χ0) is 9.15. The molecule has 0 aromatic heterocycles. The monoisotopic (exact) mass is 295 g/mol. The molecule has 0 amide bonds. The van der Waals surface area contributed by atoms with Crippen LogP contribution < -0.4 is 0 Å². The normalized spacial score (nSPS) is 27.5. The lowest BCUT2D eigenvalue weighted by molar-refractivity contribution is -0.0890. The molecule has 2 fully saturated rings. The van der Waals surface area contributed by atoms with Crippen molar-refractivity contribution in [3.05, 3.63) is 0 Å². The molecule has 2 saturated heterocycles. The molecule has 0 aromatic rings. The maximum atomic E-state index is 5.43. The summed E-state index contributed by atoms with van der Waals surface area (Å²) in [5.41, 5.74) is 0.573. The van der Waals surface area contributed by atoms with Crippen LogP contribution in [0.3, 0.4) is 0 Å². The Morgan fingerprint density at radius 3 is 2.54 bits per heavy atom. The van der Waals surface area contributed by atoms with Gasteiger partial charge in [-0.25, -0.2) is 0 Å². The Balaban J connectivity index is 1.83. The number of nitrogens with zero attached hydrogens (tertiary/aromatic N) is 1. The van der Waals surface area contributed by atoms with Crippen molar-refractivity contribution in [2.24, 2.45) is 0 Å².